The van der Waals surface area contributed by atoms with E-state index in [1.807, 2.05) is 30.3 Å². The lowest BCUT2D eigenvalue weighted by atomic mass is 10.1. The van der Waals surface area contributed by atoms with Crippen molar-refractivity contribution in [3.05, 3.63) is 66.0 Å². The van der Waals surface area contributed by atoms with E-state index in [9.17, 15) is 14.0 Å². The van der Waals surface area contributed by atoms with Crippen LogP contribution in [0.4, 0.5) is 20.7 Å². The average molecular weight is 448 g/mol. The molecule has 33 heavy (non-hydrogen) atoms. The van der Waals surface area contributed by atoms with Gasteiger partial charge in [-0.2, -0.15) is 0 Å². The lowest BCUT2D eigenvalue weighted by Gasteiger charge is -2.23. The van der Waals surface area contributed by atoms with Crippen LogP contribution in [0.2, 0.25) is 0 Å². The number of amides is 3. The van der Waals surface area contributed by atoms with Gasteiger partial charge in [0.1, 0.15) is 11.6 Å². The van der Waals surface area contributed by atoms with E-state index in [1.165, 1.54) is 24.3 Å². The lowest BCUT2D eigenvalue weighted by molar-refractivity contribution is 0.0790. The number of pyridine rings is 1. The van der Waals surface area contributed by atoms with Crippen molar-refractivity contribution in [2.45, 2.75) is 25.3 Å². The first kappa shape index (κ1) is 21.2. The number of halogens is 1. The Bertz CT molecular complexity index is 1180. The number of carbonyl (C=O) groups excluding carboxylic acids is 2. The Labute approximate surface area is 191 Å². The van der Waals surface area contributed by atoms with Gasteiger partial charge < -0.3 is 20.4 Å². The molecule has 2 aliphatic rings. The Morgan fingerprint density at radius 1 is 1.00 bits per heavy atom. The van der Waals surface area contributed by atoms with Gasteiger partial charge in [-0.05, 0) is 55.7 Å². The molecular formula is C25H26FN5O2. The van der Waals surface area contributed by atoms with Crippen LogP contribution in [0.25, 0.3) is 10.9 Å². The summed E-state index contributed by atoms with van der Waals surface area (Å²) in [7, 11) is 0. The van der Waals surface area contributed by atoms with Gasteiger partial charge in [0, 0.05) is 43.3 Å². The highest BCUT2D eigenvalue weighted by molar-refractivity contribution is 6.02. The standard InChI is InChI=1S/C25H26FN5O2/c26-18-7-9-19(10-8-18)27-25(33)28-20-11-14-31(16-20)24(32)21-15-17-5-1-2-6-22(17)29-23(21)30-12-3-4-13-30/h1-2,5-10,15,20H,3-4,11-14,16H2,(H2,27,28,33). The van der Waals surface area contributed by atoms with Crippen LogP contribution in [0.1, 0.15) is 29.6 Å². The predicted octanol–water partition coefficient (Wildman–Crippen LogP) is 4.01. The normalized spacial score (nSPS) is 18.0. The molecule has 1 aromatic heterocycles. The molecule has 2 saturated heterocycles. The van der Waals surface area contributed by atoms with Gasteiger partial charge in [-0.25, -0.2) is 14.2 Å². The van der Waals surface area contributed by atoms with Crippen LogP contribution in [-0.2, 0) is 0 Å². The van der Waals surface area contributed by atoms with Gasteiger partial charge in [0.2, 0.25) is 0 Å². The molecule has 7 nitrogen and oxygen atoms in total. The second kappa shape index (κ2) is 9.05. The van der Waals surface area contributed by atoms with E-state index in [-0.39, 0.29) is 23.8 Å². The van der Waals surface area contributed by atoms with Crippen LogP contribution in [0.3, 0.4) is 0 Å². The number of nitrogens with one attached hydrogen (secondary N) is 2. The molecule has 0 radical (unpaired) electrons. The van der Waals surface area contributed by atoms with Crippen LogP contribution >= 0.6 is 0 Å². The van der Waals surface area contributed by atoms with E-state index in [2.05, 4.69) is 15.5 Å². The van der Waals surface area contributed by atoms with Gasteiger partial charge in [0.05, 0.1) is 11.1 Å². The van der Waals surface area contributed by atoms with Crippen molar-refractivity contribution < 1.29 is 14.0 Å². The molecule has 2 aliphatic heterocycles. The highest BCUT2D eigenvalue weighted by Gasteiger charge is 2.31. The molecule has 1 atom stereocenters. The Hall–Kier alpha value is -3.68. The highest BCUT2D eigenvalue weighted by atomic mass is 19.1. The minimum Gasteiger partial charge on any atom is -0.356 e. The molecule has 0 saturated carbocycles. The largest absolute Gasteiger partial charge is 0.356 e. The molecule has 170 valence electrons. The maximum atomic E-state index is 13.5. The number of aromatic nitrogens is 1. The van der Waals surface area contributed by atoms with Crippen molar-refractivity contribution in [1.29, 1.82) is 0 Å². The number of urea groups is 1. The molecule has 2 aromatic carbocycles. The van der Waals surface area contributed by atoms with Crippen molar-refractivity contribution >= 4 is 34.3 Å². The number of hydrogen-bond donors (Lipinski definition) is 2. The first-order valence-corrected chi connectivity index (χ1v) is 11.3. The molecule has 5 rings (SSSR count). The monoisotopic (exact) mass is 447 g/mol. The molecular weight excluding hydrogens is 421 g/mol. The Kier molecular flexibility index (Phi) is 5.81. The fourth-order valence-electron chi connectivity index (χ4n) is 4.55. The van der Waals surface area contributed by atoms with Crippen LogP contribution in [0.15, 0.2) is 54.6 Å². The summed E-state index contributed by atoms with van der Waals surface area (Å²) in [4.78, 5) is 34.7. The first-order valence-electron chi connectivity index (χ1n) is 11.3. The van der Waals surface area contributed by atoms with Crippen molar-refractivity contribution in [2.75, 3.05) is 36.4 Å². The summed E-state index contributed by atoms with van der Waals surface area (Å²) in [5.74, 6) is 0.336. The average Bonchev–Trinajstić information content (AvgIpc) is 3.52. The zero-order valence-corrected chi connectivity index (χ0v) is 18.3. The van der Waals surface area contributed by atoms with E-state index in [0.717, 1.165) is 42.7 Å². The number of anilines is 2. The van der Waals surface area contributed by atoms with E-state index in [1.54, 1.807) is 4.90 Å². The second-order valence-electron chi connectivity index (χ2n) is 8.59. The maximum absolute atomic E-state index is 13.5. The summed E-state index contributed by atoms with van der Waals surface area (Å²) >= 11 is 0. The summed E-state index contributed by atoms with van der Waals surface area (Å²) in [6, 6.07) is 14.9. The quantitative estimate of drug-likeness (QED) is 0.634. The Balaban J connectivity index is 1.29. The molecule has 2 N–H and O–H groups in total. The zero-order valence-electron chi connectivity index (χ0n) is 18.3. The third kappa shape index (κ3) is 4.60. The number of rotatable bonds is 4. The number of nitrogens with zero attached hydrogens (tertiary/aromatic N) is 3. The Morgan fingerprint density at radius 2 is 1.76 bits per heavy atom. The van der Waals surface area contributed by atoms with Crippen LogP contribution in [-0.4, -0.2) is 54.0 Å². The summed E-state index contributed by atoms with van der Waals surface area (Å²) in [6.07, 6.45) is 2.87. The fourth-order valence-corrected chi connectivity index (χ4v) is 4.55. The van der Waals surface area contributed by atoms with E-state index in [4.69, 9.17) is 4.98 Å². The maximum Gasteiger partial charge on any atom is 0.319 e. The minimum absolute atomic E-state index is 0.0570. The van der Waals surface area contributed by atoms with Gasteiger partial charge in [0.25, 0.3) is 5.91 Å². The summed E-state index contributed by atoms with van der Waals surface area (Å²) in [6.45, 7) is 2.80. The molecule has 8 heteroatoms. The molecule has 0 bridgehead atoms. The van der Waals surface area contributed by atoms with Crippen LogP contribution < -0.4 is 15.5 Å². The lowest BCUT2D eigenvalue weighted by Crippen LogP contribution is -2.40. The van der Waals surface area contributed by atoms with Crippen LogP contribution in [0.5, 0.6) is 0 Å². The number of carbonyl (C=O) groups is 2. The van der Waals surface area contributed by atoms with Gasteiger partial charge in [-0.15, -0.1) is 0 Å². The summed E-state index contributed by atoms with van der Waals surface area (Å²) in [5.41, 5.74) is 2.01. The molecule has 1 unspecified atom stereocenters. The third-order valence-corrected chi connectivity index (χ3v) is 6.25. The van der Waals surface area contributed by atoms with Gasteiger partial charge >= 0.3 is 6.03 Å². The molecule has 0 spiro atoms. The van der Waals surface area contributed by atoms with E-state index < -0.39 is 0 Å². The van der Waals surface area contributed by atoms with Crippen molar-refractivity contribution in [3.8, 4) is 0 Å². The van der Waals surface area contributed by atoms with Gasteiger partial charge in [-0.1, -0.05) is 18.2 Å². The highest BCUT2D eigenvalue weighted by Crippen LogP contribution is 2.28. The first-order chi connectivity index (χ1) is 16.1. The molecule has 3 aromatic rings. The number of hydrogen-bond acceptors (Lipinski definition) is 4. The van der Waals surface area contributed by atoms with Gasteiger partial charge in [-0.3, -0.25) is 4.79 Å². The Morgan fingerprint density at radius 3 is 2.55 bits per heavy atom. The number of likely N-dealkylation sites (tertiary alicyclic amines) is 1. The predicted molar refractivity (Wildman–Crippen MR) is 126 cm³/mol. The van der Waals surface area contributed by atoms with E-state index >= 15 is 0 Å². The topological polar surface area (TPSA) is 77.6 Å². The third-order valence-electron chi connectivity index (χ3n) is 6.25. The summed E-state index contributed by atoms with van der Waals surface area (Å²) < 4.78 is 13.1. The zero-order chi connectivity index (χ0) is 22.8. The molecule has 0 aliphatic carbocycles. The smallest absolute Gasteiger partial charge is 0.319 e. The molecule has 3 heterocycles. The second-order valence-corrected chi connectivity index (χ2v) is 8.59. The molecule has 2 fully saturated rings. The van der Waals surface area contributed by atoms with Crippen molar-refractivity contribution in [3.63, 3.8) is 0 Å². The number of fused-ring (bicyclic) bond motifs is 1. The van der Waals surface area contributed by atoms with E-state index in [0.29, 0.717) is 30.8 Å². The number of benzene rings is 2. The molecule has 3 amide bonds. The van der Waals surface area contributed by atoms with Crippen LogP contribution in [0, 0.1) is 5.82 Å². The summed E-state index contributed by atoms with van der Waals surface area (Å²) in [5, 5.41) is 6.56. The van der Waals surface area contributed by atoms with Gasteiger partial charge in [0.15, 0.2) is 0 Å². The minimum atomic E-state index is -0.369. The van der Waals surface area contributed by atoms with Crippen molar-refractivity contribution in [2.24, 2.45) is 0 Å². The van der Waals surface area contributed by atoms with Crippen molar-refractivity contribution in [1.82, 2.24) is 15.2 Å². The number of para-hydroxylation sites is 1. The SMILES string of the molecule is O=C(Nc1ccc(F)cc1)NC1CCN(C(=O)c2cc3ccccc3nc2N2CCCC2)C1. The fraction of sp³-hybridized carbons (Fsp3) is 0.320.